The topological polar surface area (TPSA) is 41.1 Å². The minimum Gasteiger partial charge on any atom is -0.326 e. The smallest absolute Gasteiger partial charge is 0.228 e. The van der Waals surface area contributed by atoms with Gasteiger partial charge in [-0.3, -0.25) is 4.79 Å². The second kappa shape index (κ2) is 6.01. The van der Waals surface area contributed by atoms with E-state index >= 15 is 0 Å². The van der Waals surface area contributed by atoms with E-state index < -0.39 is 0 Å². The van der Waals surface area contributed by atoms with Crippen molar-refractivity contribution in [3.8, 4) is 0 Å². The molecule has 0 aromatic heterocycles. The number of carbonyl (C=O) groups excluding carboxylic acids is 1. The highest BCUT2D eigenvalue weighted by atomic mass is 16.1. The third-order valence-corrected chi connectivity index (χ3v) is 3.24. The van der Waals surface area contributed by atoms with E-state index in [0.29, 0.717) is 12.5 Å². The number of aryl methyl sites for hydroxylation is 1. The normalized spacial score (nSPS) is 13.8. The molecule has 0 saturated carbocycles. The van der Waals surface area contributed by atoms with Crippen LogP contribution in [-0.4, -0.2) is 18.5 Å². The fourth-order valence-electron chi connectivity index (χ4n) is 2.28. The van der Waals surface area contributed by atoms with Gasteiger partial charge in [-0.2, -0.15) is 0 Å². The molecule has 1 aliphatic heterocycles. The average molecular weight is 246 g/mol. The highest BCUT2D eigenvalue weighted by molar-refractivity contribution is 5.99. The fourth-order valence-corrected chi connectivity index (χ4v) is 2.28. The van der Waals surface area contributed by atoms with Crippen LogP contribution in [0.5, 0.6) is 0 Å². The van der Waals surface area contributed by atoms with Crippen molar-refractivity contribution in [3.63, 3.8) is 0 Å². The van der Waals surface area contributed by atoms with E-state index in [1.807, 2.05) is 6.07 Å². The lowest BCUT2D eigenvalue weighted by Gasteiger charge is -2.08. The molecule has 0 aliphatic carbocycles. The number of anilines is 1. The molecular formula is C15H22N2O. The SMILES string of the molecule is CC(C)NCCCCc1ccc2c(c1)CC(=O)N2. The molecule has 2 N–H and O–H groups in total. The Labute approximate surface area is 109 Å². The summed E-state index contributed by atoms with van der Waals surface area (Å²) in [7, 11) is 0. The minimum absolute atomic E-state index is 0.114. The molecule has 1 aliphatic rings. The monoisotopic (exact) mass is 246 g/mol. The van der Waals surface area contributed by atoms with Gasteiger partial charge in [0.1, 0.15) is 0 Å². The second-order valence-corrected chi connectivity index (χ2v) is 5.28. The van der Waals surface area contributed by atoms with Crippen molar-refractivity contribution in [1.29, 1.82) is 0 Å². The molecule has 3 heteroatoms. The summed E-state index contributed by atoms with van der Waals surface area (Å²) in [6.45, 7) is 5.43. The lowest BCUT2D eigenvalue weighted by atomic mass is 10.0. The van der Waals surface area contributed by atoms with E-state index in [-0.39, 0.29) is 5.91 Å². The van der Waals surface area contributed by atoms with Crippen molar-refractivity contribution in [2.24, 2.45) is 0 Å². The molecule has 1 aromatic rings. The summed E-state index contributed by atoms with van der Waals surface area (Å²) >= 11 is 0. The number of hydrogen-bond donors (Lipinski definition) is 2. The summed E-state index contributed by atoms with van der Waals surface area (Å²) in [6, 6.07) is 6.90. The molecule has 0 spiro atoms. The van der Waals surface area contributed by atoms with Gasteiger partial charge >= 0.3 is 0 Å². The molecule has 3 nitrogen and oxygen atoms in total. The van der Waals surface area contributed by atoms with Crippen molar-refractivity contribution in [2.75, 3.05) is 11.9 Å². The van der Waals surface area contributed by atoms with Crippen molar-refractivity contribution in [3.05, 3.63) is 29.3 Å². The van der Waals surface area contributed by atoms with Crippen LogP contribution in [0.1, 0.15) is 37.8 Å². The van der Waals surface area contributed by atoms with Gasteiger partial charge < -0.3 is 10.6 Å². The maximum absolute atomic E-state index is 11.3. The number of nitrogens with one attached hydrogen (secondary N) is 2. The van der Waals surface area contributed by atoms with E-state index in [0.717, 1.165) is 24.2 Å². The molecule has 0 bridgehead atoms. The van der Waals surface area contributed by atoms with E-state index in [9.17, 15) is 4.79 Å². The number of hydrogen-bond acceptors (Lipinski definition) is 2. The van der Waals surface area contributed by atoms with Crippen molar-refractivity contribution in [2.45, 2.75) is 45.6 Å². The van der Waals surface area contributed by atoms with Crippen molar-refractivity contribution in [1.82, 2.24) is 5.32 Å². The van der Waals surface area contributed by atoms with E-state index in [1.165, 1.54) is 18.4 Å². The zero-order valence-corrected chi connectivity index (χ0v) is 11.3. The van der Waals surface area contributed by atoms with Gasteiger partial charge in [0.25, 0.3) is 0 Å². The van der Waals surface area contributed by atoms with Crippen LogP contribution in [0.4, 0.5) is 5.69 Å². The van der Waals surface area contributed by atoms with Gasteiger partial charge in [0, 0.05) is 11.7 Å². The first-order valence-electron chi connectivity index (χ1n) is 6.80. The van der Waals surface area contributed by atoms with Crippen LogP contribution < -0.4 is 10.6 Å². The lowest BCUT2D eigenvalue weighted by molar-refractivity contribution is -0.115. The molecular weight excluding hydrogens is 224 g/mol. The van der Waals surface area contributed by atoms with E-state index in [2.05, 4.69) is 36.6 Å². The Balaban J connectivity index is 1.77. The number of rotatable bonds is 6. The third kappa shape index (κ3) is 3.57. The Morgan fingerprint density at radius 1 is 1.33 bits per heavy atom. The molecule has 1 amide bonds. The number of unbranched alkanes of at least 4 members (excludes halogenated alkanes) is 1. The summed E-state index contributed by atoms with van der Waals surface area (Å²) in [5, 5.41) is 6.29. The summed E-state index contributed by atoms with van der Waals surface area (Å²) in [5.74, 6) is 0.114. The molecule has 0 fully saturated rings. The number of amides is 1. The molecule has 1 heterocycles. The third-order valence-electron chi connectivity index (χ3n) is 3.24. The highest BCUT2D eigenvalue weighted by Crippen LogP contribution is 2.24. The largest absolute Gasteiger partial charge is 0.326 e. The standard InChI is InChI=1S/C15H22N2O/c1-11(2)16-8-4-3-5-12-6-7-14-13(9-12)10-15(18)17-14/h6-7,9,11,16H,3-5,8,10H2,1-2H3,(H,17,18). The van der Waals surface area contributed by atoms with Gasteiger partial charge in [-0.05, 0) is 43.0 Å². The van der Waals surface area contributed by atoms with Crippen LogP contribution in [0.25, 0.3) is 0 Å². The summed E-state index contributed by atoms with van der Waals surface area (Å²) in [5.41, 5.74) is 3.48. The molecule has 2 rings (SSSR count). The van der Waals surface area contributed by atoms with Crippen LogP contribution in [0, 0.1) is 0 Å². The van der Waals surface area contributed by atoms with Gasteiger partial charge in [-0.25, -0.2) is 0 Å². The Bertz CT molecular complexity index is 427. The Morgan fingerprint density at radius 2 is 2.17 bits per heavy atom. The van der Waals surface area contributed by atoms with Gasteiger partial charge in [0.05, 0.1) is 6.42 Å². The predicted octanol–water partition coefficient (Wildman–Crippen LogP) is 2.50. The van der Waals surface area contributed by atoms with Crippen LogP contribution in [0.3, 0.4) is 0 Å². The van der Waals surface area contributed by atoms with Crippen molar-refractivity contribution < 1.29 is 4.79 Å². The number of fused-ring (bicyclic) bond motifs is 1. The summed E-state index contributed by atoms with van der Waals surface area (Å²) in [6.07, 6.45) is 4.03. The minimum atomic E-state index is 0.114. The lowest BCUT2D eigenvalue weighted by Crippen LogP contribution is -2.23. The van der Waals surface area contributed by atoms with Crippen molar-refractivity contribution >= 4 is 11.6 Å². The maximum atomic E-state index is 11.3. The fraction of sp³-hybridized carbons (Fsp3) is 0.533. The molecule has 18 heavy (non-hydrogen) atoms. The van der Waals surface area contributed by atoms with E-state index in [4.69, 9.17) is 0 Å². The van der Waals surface area contributed by atoms with E-state index in [1.54, 1.807) is 0 Å². The molecule has 0 radical (unpaired) electrons. The molecule has 0 unspecified atom stereocenters. The maximum Gasteiger partial charge on any atom is 0.228 e. The second-order valence-electron chi connectivity index (χ2n) is 5.28. The summed E-state index contributed by atoms with van der Waals surface area (Å²) in [4.78, 5) is 11.3. The first-order chi connectivity index (χ1) is 8.65. The Hall–Kier alpha value is -1.35. The molecule has 0 saturated heterocycles. The average Bonchev–Trinajstić information content (AvgIpc) is 2.67. The molecule has 98 valence electrons. The summed E-state index contributed by atoms with van der Waals surface area (Å²) < 4.78 is 0. The van der Waals surface area contributed by atoms with Crippen LogP contribution in [0.15, 0.2) is 18.2 Å². The van der Waals surface area contributed by atoms with Crippen LogP contribution in [0.2, 0.25) is 0 Å². The van der Waals surface area contributed by atoms with Gasteiger partial charge in [0.15, 0.2) is 0 Å². The van der Waals surface area contributed by atoms with Crippen LogP contribution in [-0.2, 0) is 17.6 Å². The van der Waals surface area contributed by atoms with Gasteiger partial charge in [-0.15, -0.1) is 0 Å². The van der Waals surface area contributed by atoms with Gasteiger partial charge in [0.2, 0.25) is 5.91 Å². The number of carbonyl (C=O) groups is 1. The predicted molar refractivity (Wildman–Crippen MR) is 74.9 cm³/mol. The molecule has 1 aromatic carbocycles. The van der Waals surface area contributed by atoms with Gasteiger partial charge in [-0.1, -0.05) is 26.0 Å². The first-order valence-corrected chi connectivity index (χ1v) is 6.80. The first kappa shape index (κ1) is 13.1. The molecule has 0 atom stereocenters. The zero-order valence-electron chi connectivity index (χ0n) is 11.3. The highest BCUT2D eigenvalue weighted by Gasteiger charge is 2.16. The quantitative estimate of drug-likeness (QED) is 0.757. The number of benzene rings is 1. The van der Waals surface area contributed by atoms with Crippen LogP contribution >= 0.6 is 0 Å². The Kier molecular flexibility index (Phi) is 4.37. The Morgan fingerprint density at radius 3 is 2.94 bits per heavy atom. The zero-order chi connectivity index (χ0) is 13.0.